The molecular formula is C17H16N4O3. The number of aromatic nitrogens is 3. The molecule has 0 aliphatic carbocycles. The number of fused-ring (bicyclic) bond motifs is 1. The first-order valence-electron chi connectivity index (χ1n) is 7.50. The van der Waals surface area contributed by atoms with Gasteiger partial charge >= 0.3 is 5.69 Å². The first-order valence-corrected chi connectivity index (χ1v) is 7.50. The van der Waals surface area contributed by atoms with E-state index in [9.17, 15) is 14.4 Å². The Balaban J connectivity index is 2.00. The highest BCUT2D eigenvalue weighted by Crippen LogP contribution is 2.12. The molecule has 0 atom stereocenters. The van der Waals surface area contributed by atoms with E-state index in [2.05, 4.69) is 15.3 Å². The molecule has 2 heterocycles. The number of aromatic amines is 1. The van der Waals surface area contributed by atoms with Crippen molar-refractivity contribution in [3.8, 4) is 0 Å². The zero-order valence-corrected chi connectivity index (χ0v) is 13.3. The van der Waals surface area contributed by atoms with Crippen LogP contribution < -0.4 is 16.6 Å². The highest BCUT2D eigenvalue weighted by atomic mass is 16.2. The highest BCUT2D eigenvalue weighted by molar-refractivity contribution is 6.05. The molecule has 0 saturated heterocycles. The van der Waals surface area contributed by atoms with Gasteiger partial charge in [0, 0.05) is 18.3 Å². The summed E-state index contributed by atoms with van der Waals surface area (Å²) >= 11 is 0. The number of pyridine rings is 1. The summed E-state index contributed by atoms with van der Waals surface area (Å²) < 4.78 is 1.11. The van der Waals surface area contributed by atoms with Gasteiger partial charge in [-0.2, -0.15) is 0 Å². The molecule has 1 amide bonds. The third-order valence-electron chi connectivity index (χ3n) is 3.72. The van der Waals surface area contributed by atoms with Crippen LogP contribution in [-0.4, -0.2) is 20.4 Å². The lowest BCUT2D eigenvalue weighted by atomic mass is 10.1. The fourth-order valence-corrected chi connectivity index (χ4v) is 2.48. The molecule has 24 heavy (non-hydrogen) atoms. The number of H-pyrrole nitrogens is 1. The zero-order valence-electron chi connectivity index (χ0n) is 13.3. The van der Waals surface area contributed by atoms with Crippen LogP contribution in [0.25, 0.3) is 10.9 Å². The van der Waals surface area contributed by atoms with Gasteiger partial charge in [-0.15, -0.1) is 0 Å². The number of aryl methyl sites for hydroxylation is 1. The summed E-state index contributed by atoms with van der Waals surface area (Å²) in [4.78, 5) is 43.2. The van der Waals surface area contributed by atoms with Crippen LogP contribution >= 0.6 is 0 Å². The Morgan fingerprint density at radius 2 is 2.04 bits per heavy atom. The Morgan fingerprint density at radius 3 is 2.75 bits per heavy atom. The van der Waals surface area contributed by atoms with Gasteiger partial charge in [0.25, 0.3) is 11.5 Å². The maximum Gasteiger partial charge on any atom is 0.328 e. The smallest absolute Gasteiger partial charge is 0.307 e. The molecule has 1 aromatic carbocycles. The first-order chi connectivity index (χ1) is 11.5. The Kier molecular flexibility index (Phi) is 3.99. The minimum atomic E-state index is -0.493. The van der Waals surface area contributed by atoms with E-state index in [1.165, 1.54) is 6.07 Å². The number of rotatable bonds is 3. The number of carbonyl (C=O) groups excluding carboxylic acids is 1. The molecule has 7 heteroatoms. The van der Waals surface area contributed by atoms with Crippen molar-refractivity contribution < 1.29 is 4.79 Å². The molecule has 2 N–H and O–H groups in total. The predicted octanol–water partition coefficient (Wildman–Crippen LogP) is 1.67. The Labute approximate surface area is 137 Å². The molecule has 0 radical (unpaired) electrons. The molecule has 0 unspecified atom stereocenters. The lowest BCUT2D eigenvalue weighted by Gasteiger charge is -2.07. The molecule has 2 aromatic heterocycles. The van der Waals surface area contributed by atoms with Crippen molar-refractivity contribution >= 4 is 22.6 Å². The van der Waals surface area contributed by atoms with E-state index in [0.717, 1.165) is 10.1 Å². The van der Waals surface area contributed by atoms with Gasteiger partial charge in [-0.3, -0.25) is 14.2 Å². The van der Waals surface area contributed by atoms with Gasteiger partial charge in [0.05, 0.1) is 10.9 Å². The van der Waals surface area contributed by atoms with Crippen molar-refractivity contribution in [2.75, 3.05) is 5.32 Å². The summed E-state index contributed by atoms with van der Waals surface area (Å²) in [6.45, 7) is 3.90. The third kappa shape index (κ3) is 2.83. The number of hydrogen-bond donors (Lipinski definition) is 2. The Morgan fingerprint density at radius 1 is 1.25 bits per heavy atom. The summed E-state index contributed by atoms with van der Waals surface area (Å²) in [5.74, 6) is 0.0745. The van der Waals surface area contributed by atoms with E-state index in [1.807, 2.05) is 13.0 Å². The van der Waals surface area contributed by atoms with Crippen LogP contribution in [0.3, 0.4) is 0 Å². The Bertz CT molecular complexity index is 1050. The van der Waals surface area contributed by atoms with E-state index in [4.69, 9.17) is 0 Å². The van der Waals surface area contributed by atoms with Gasteiger partial charge in [0.15, 0.2) is 0 Å². The molecule has 3 rings (SSSR count). The molecule has 0 spiro atoms. The molecule has 0 bridgehead atoms. The van der Waals surface area contributed by atoms with Gasteiger partial charge in [0.1, 0.15) is 5.82 Å². The largest absolute Gasteiger partial charge is 0.328 e. The SMILES string of the molecule is CCn1c(=O)[nH]c2cc(C(=O)Nc3cc(C)ccn3)ccc2c1=O. The number of amides is 1. The molecule has 3 aromatic rings. The number of nitrogens with one attached hydrogen (secondary N) is 2. The number of nitrogens with zero attached hydrogens (tertiary/aromatic N) is 2. The number of anilines is 1. The second kappa shape index (κ2) is 6.11. The summed E-state index contributed by atoms with van der Waals surface area (Å²) in [6, 6.07) is 8.16. The van der Waals surface area contributed by atoms with Gasteiger partial charge in [-0.1, -0.05) is 0 Å². The van der Waals surface area contributed by atoms with Crippen LogP contribution in [0.5, 0.6) is 0 Å². The van der Waals surface area contributed by atoms with Crippen molar-refractivity contribution in [1.29, 1.82) is 0 Å². The highest BCUT2D eigenvalue weighted by Gasteiger charge is 2.11. The van der Waals surface area contributed by atoms with Crippen LogP contribution in [-0.2, 0) is 6.54 Å². The summed E-state index contributed by atoms with van der Waals surface area (Å²) in [7, 11) is 0. The zero-order chi connectivity index (χ0) is 17.3. The lowest BCUT2D eigenvalue weighted by molar-refractivity contribution is 0.102. The van der Waals surface area contributed by atoms with Crippen molar-refractivity contribution in [2.45, 2.75) is 20.4 Å². The van der Waals surface area contributed by atoms with Gasteiger partial charge in [-0.25, -0.2) is 9.78 Å². The number of carbonyl (C=O) groups is 1. The minimum Gasteiger partial charge on any atom is -0.307 e. The fourth-order valence-electron chi connectivity index (χ4n) is 2.48. The minimum absolute atomic E-state index is 0.283. The van der Waals surface area contributed by atoms with Crippen LogP contribution in [0.1, 0.15) is 22.8 Å². The molecule has 0 saturated carbocycles. The number of hydrogen-bond acceptors (Lipinski definition) is 4. The van der Waals surface area contributed by atoms with Crippen LogP contribution in [0, 0.1) is 6.92 Å². The van der Waals surface area contributed by atoms with E-state index < -0.39 is 5.69 Å². The van der Waals surface area contributed by atoms with Crippen LogP contribution in [0.15, 0.2) is 46.1 Å². The molecule has 0 aliphatic heterocycles. The molecular weight excluding hydrogens is 308 g/mol. The third-order valence-corrected chi connectivity index (χ3v) is 3.72. The average Bonchev–Trinajstić information content (AvgIpc) is 2.54. The average molecular weight is 324 g/mol. The van der Waals surface area contributed by atoms with E-state index in [1.54, 1.807) is 31.3 Å². The second-order valence-electron chi connectivity index (χ2n) is 5.41. The van der Waals surface area contributed by atoms with Crippen LogP contribution in [0.2, 0.25) is 0 Å². The second-order valence-corrected chi connectivity index (χ2v) is 5.41. The number of benzene rings is 1. The van der Waals surface area contributed by atoms with Crippen LogP contribution in [0.4, 0.5) is 5.82 Å². The molecule has 122 valence electrons. The topological polar surface area (TPSA) is 96.8 Å². The Hall–Kier alpha value is -3.22. The van der Waals surface area contributed by atoms with E-state index in [-0.39, 0.29) is 18.0 Å². The molecule has 7 nitrogen and oxygen atoms in total. The normalized spacial score (nSPS) is 10.8. The quantitative estimate of drug-likeness (QED) is 0.766. The summed E-state index contributed by atoms with van der Waals surface area (Å²) in [6.07, 6.45) is 1.61. The van der Waals surface area contributed by atoms with Crippen molar-refractivity contribution in [2.24, 2.45) is 0 Å². The van der Waals surface area contributed by atoms with Crippen molar-refractivity contribution in [1.82, 2.24) is 14.5 Å². The lowest BCUT2D eigenvalue weighted by Crippen LogP contribution is -2.34. The standard InChI is InChI=1S/C17H16N4O3/c1-3-21-16(23)12-5-4-11(9-13(12)19-17(21)24)15(22)20-14-8-10(2)6-7-18-14/h4-9H,3H2,1-2H3,(H,19,24)(H,18,20,22). The van der Waals surface area contributed by atoms with Crippen molar-refractivity contribution in [3.63, 3.8) is 0 Å². The fraction of sp³-hybridized carbons (Fsp3) is 0.176. The van der Waals surface area contributed by atoms with Gasteiger partial charge < -0.3 is 10.3 Å². The maximum absolute atomic E-state index is 12.3. The van der Waals surface area contributed by atoms with E-state index >= 15 is 0 Å². The predicted molar refractivity (Wildman–Crippen MR) is 91.4 cm³/mol. The van der Waals surface area contributed by atoms with E-state index in [0.29, 0.717) is 22.3 Å². The monoisotopic (exact) mass is 324 g/mol. The summed E-state index contributed by atoms with van der Waals surface area (Å²) in [5.41, 5.74) is 0.773. The first kappa shape index (κ1) is 15.7. The maximum atomic E-state index is 12.3. The van der Waals surface area contributed by atoms with Crippen molar-refractivity contribution in [3.05, 3.63) is 68.5 Å². The van der Waals surface area contributed by atoms with Gasteiger partial charge in [-0.05, 0) is 49.7 Å². The summed E-state index contributed by atoms with van der Waals surface area (Å²) in [5, 5.41) is 3.05. The molecule has 0 aliphatic rings. The van der Waals surface area contributed by atoms with Gasteiger partial charge in [0.2, 0.25) is 0 Å². The molecule has 0 fully saturated rings.